The summed E-state index contributed by atoms with van der Waals surface area (Å²) < 4.78 is 5.18. The molecule has 3 rings (SSSR count). The summed E-state index contributed by atoms with van der Waals surface area (Å²) in [6, 6.07) is -0.523. The van der Waals surface area contributed by atoms with Crippen molar-refractivity contribution in [2.75, 3.05) is 0 Å². The zero-order chi connectivity index (χ0) is 12.8. The minimum absolute atomic E-state index is 0.523. The zero-order valence-electron chi connectivity index (χ0n) is 10.3. The summed E-state index contributed by atoms with van der Waals surface area (Å²) >= 11 is 0. The highest BCUT2D eigenvalue weighted by molar-refractivity contribution is 5.67. The Bertz CT molecular complexity index is 311. The number of carbonyl (C=O) groups excluding carboxylic acids is 1. The first kappa shape index (κ1) is 12.6. The molecule has 1 saturated carbocycles. The number of hydrogen-bond donors (Lipinski definition) is 2. The number of fused-ring (bicyclic) bond motifs is 3. The number of aliphatic hydroxyl groups is 2. The largest absolute Gasteiger partial charge is 0.442 e. The van der Waals surface area contributed by atoms with E-state index in [0.29, 0.717) is 12.8 Å². The summed E-state index contributed by atoms with van der Waals surface area (Å²) in [6.45, 7) is 5.29. The fourth-order valence-corrected chi connectivity index (χ4v) is 2.20. The highest BCUT2D eigenvalue weighted by atomic mass is 16.7. The molecule has 2 bridgehead atoms. The summed E-state index contributed by atoms with van der Waals surface area (Å²) in [5, 5.41) is 20.5. The van der Waals surface area contributed by atoms with Gasteiger partial charge in [0.05, 0.1) is 6.04 Å². The van der Waals surface area contributed by atoms with Crippen molar-refractivity contribution >= 4 is 6.09 Å². The average molecular weight is 245 g/mol. The van der Waals surface area contributed by atoms with Gasteiger partial charge in [-0.2, -0.15) is 5.06 Å². The second-order valence-electron chi connectivity index (χ2n) is 5.58. The number of ether oxygens (including phenoxy) is 1. The minimum atomic E-state index is -0.963. The van der Waals surface area contributed by atoms with Crippen molar-refractivity contribution in [3.63, 3.8) is 0 Å². The van der Waals surface area contributed by atoms with Crippen LogP contribution in [0, 0.1) is 0 Å². The van der Waals surface area contributed by atoms with Gasteiger partial charge >= 0.3 is 6.09 Å². The molecule has 2 saturated heterocycles. The van der Waals surface area contributed by atoms with Gasteiger partial charge in [0.25, 0.3) is 0 Å². The quantitative estimate of drug-likeness (QED) is 0.646. The lowest BCUT2D eigenvalue weighted by Gasteiger charge is -2.48. The Morgan fingerprint density at radius 1 is 1.29 bits per heavy atom. The van der Waals surface area contributed by atoms with Gasteiger partial charge in [-0.25, -0.2) is 4.79 Å². The van der Waals surface area contributed by atoms with Gasteiger partial charge < -0.3 is 14.9 Å². The lowest BCUT2D eigenvalue weighted by molar-refractivity contribution is -0.314. The van der Waals surface area contributed by atoms with Crippen molar-refractivity contribution in [1.82, 2.24) is 5.06 Å². The van der Waals surface area contributed by atoms with Crippen LogP contribution in [0.5, 0.6) is 0 Å². The topological polar surface area (TPSA) is 79.2 Å². The van der Waals surface area contributed by atoms with Gasteiger partial charge in [-0.1, -0.05) is 0 Å². The second-order valence-corrected chi connectivity index (χ2v) is 5.58. The van der Waals surface area contributed by atoms with E-state index in [4.69, 9.17) is 9.57 Å². The molecule has 2 N–H and O–H groups in total. The molecule has 98 valence electrons. The van der Waals surface area contributed by atoms with E-state index in [1.165, 1.54) is 0 Å². The van der Waals surface area contributed by atoms with Crippen LogP contribution in [0.1, 0.15) is 33.6 Å². The molecule has 4 atom stereocenters. The second kappa shape index (κ2) is 4.12. The molecule has 0 aromatic carbocycles. The van der Waals surface area contributed by atoms with Crippen LogP contribution in [-0.2, 0) is 9.57 Å². The summed E-state index contributed by atoms with van der Waals surface area (Å²) in [5.74, 6) is 0. The van der Waals surface area contributed by atoms with Crippen LogP contribution >= 0.6 is 0 Å². The average Bonchev–Trinajstić information content (AvgIpc) is 2.22. The van der Waals surface area contributed by atoms with Gasteiger partial charge in [-0.05, 0) is 33.6 Å². The molecule has 0 radical (unpaired) electrons. The van der Waals surface area contributed by atoms with Gasteiger partial charge in [-0.3, -0.25) is 4.84 Å². The van der Waals surface area contributed by atoms with Crippen LogP contribution in [0.3, 0.4) is 0 Å². The van der Waals surface area contributed by atoms with Crippen molar-refractivity contribution < 1.29 is 24.6 Å². The lowest BCUT2D eigenvalue weighted by Crippen LogP contribution is -2.65. The van der Waals surface area contributed by atoms with E-state index in [2.05, 4.69) is 0 Å². The van der Waals surface area contributed by atoms with Crippen LogP contribution in [0.15, 0.2) is 0 Å². The van der Waals surface area contributed by atoms with Crippen LogP contribution in [0.2, 0.25) is 0 Å². The number of hydroxylamine groups is 2. The van der Waals surface area contributed by atoms with E-state index in [-0.39, 0.29) is 0 Å². The third-order valence-electron chi connectivity index (χ3n) is 3.00. The number of aliphatic hydroxyl groups excluding tert-OH is 2. The first-order valence-corrected chi connectivity index (χ1v) is 5.85. The first-order valence-electron chi connectivity index (χ1n) is 5.85. The maximum atomic E-state index is 11.8. The summed E-state index contributed by atoms with van der Waals surface area (Å²) in [6.07, 6.45) is -1.77. The molecule has 6 heteroatoms. The summed E-state index contributed by atoms with van der Waals surface area (Å²) in [5.41, 5.74) is -0.610. The molecule has 2 heterocycles. The number of hydrogen-bond acceptors (Lipinski definition) is 5. The number of nitrogens with zero attached hydrogens (tertiary/aromatic N) is 1. The molecule has 2 aliphatic heterocycles. The first-order chi connectivity index (χ1) is 7.79. The Balaban J connectivity index is 2.06. The fraction of sp³-hybridized carbons (Fsp3) is 0.909. The van der Waals surface area contributed by atoms with Gasteiger partial charge in [0, 0.05) is 0 Å². The summed E-state index contributed by atoms with van der Waals surface area (Å²) in [4.78, 5) is 17.2. The number of carbonyl (C=O) groups is 1. The van der Waals surface area contributed by atoms with Gasteiger partial charge in [-0.15, -0.1) is 0 Å². The number of amides is 1. The maximum absolute atomic E-state index is 11.8. The predicted octanol–water partition coefficient (Wildman–Crippen LogP) is 0.421. The Hall–Kier alpha value is -0.850. The van der Waals surface area contributed by atoms with Gasteiger partial charge in [0.1, 0.15) is 23.9 Å². The lowest BCUT2D eigenvalue weighted by atomic mass is 9.86. The van der Waals surface area contributed by atoms with Crippen molar-refractivity contribution in [3.05, 3.63) is 0 Å². The summed E-state index contributed by atoms with van der Waals surface area (Å²) in [7, 11) is 0. The van der Waals surface area contributed by atoms with Crippen molar-refractivity contribution in [3.8, 4) is 0 Å². The molecule has 0 spiro atoms. The molecule has 3 aliphatic rings. The third-order valence-corrected chi connectivity index (χ3v) is 3.00. The molecule has 6 nitrogen and oxygen atoms in total. The monoisotopic (exact) mass is 245 g/mol. The molecule has 3 fully saturated rings. The van der Waals surface area contributed by atoms with Crippen LogP contribution < -0.4 is 0 Å². The van der Waals surface area contributed by atoms with E-state index < -0.39 is 36.0 Å². The molecule has 1 aliphatic carbocycles. The molecule has 1 amide bonds. The Labute approximate surface area is 100 Å². The standard InChI is InChI=1S/C11H19NO5/c1-11(2,3)16-10(15)12-6-4-5-7(17-12)9(14)8(6)13/h6-9,13-14H,4-5H2,1-3H3. The molecule has 0 aromatic rings. The zero-order valence-corrected chi connectivity index (χ0v) is 10.3. The highest BCUT2D eigenvalue weighted by Crippen LogP contribution is 2.34. The fourth-order valence-electron chi connectivity index (χ4n) is 2.20. The molecule has 17 heavy (non-hydrogen) atoms. The highest BCUT2D eigenvalue weighted by Gasteiger charge is 2.50. The van der Waals surface area contributed by atoms with Crippen LogP contribution in [0.25, 0.3) is 0 Å². The van der Waals surface area contributed by atoms with E-state index >= 15 is 0 Å². The Morgan fingerprint density at radius 3 is 2.47 bits per heavy atom. The number of rotatable bonds is 0. The Kier molecular flexibility index (Phi) is 3.05. The smallest absolute Gasteiger partial charge is 0.434 e. The van der Waals surface area contributed by atoms with Crippen LogP contribution in [0.4, 0.5) is 4.79 Å². The third kappa shape index (κ3) is 2.38. The van der Waals surface area contributed by atoms with Crippen molar-refractivity contribution in [2.45, 2.75) is 63.6 Å². The van der Waals surface area contributed by atoms with Gasteiger partial charge in [0.15, 0.2) is 0 Å². The molecular weight excluding hydrogens is 226 g/mol. The maximum Gasteiger partial charge on any atom is 0.434 e. The Morgan fingerprint density at radius 2 is 1.94 bits per heavy atom. The minimum Gasteiger partial charge on any atom is -0.442 e. The van der Waals surface area contributed by atoms with Gasteiger partial charge in [0.2, 0.25) is 0 Å². The predicted molar refractivity (Wildman–Crippen MR) is 58.0 cm³/mol. The normalized spacial score (nSPS) is 37.1. The van der Waals surface area contributed by atoms with Crippen LogP contribution in [-0.4, -0.2) is 51.3 Å². The van der Waals surface area contributed by atoms with E-state index in [0.717, 1.165) is 5.06 Å². The molecular formula is C11H19NO5. The van der Waals surface area contributed by atoms with Crippen molar-refractivity contribution in [2.24, 2.45) is 0 Å². The SMILES string of the molecule is CC(C)(C)OC(=O)N1OC2CCC1C(O)C2O. The van der Waals surface area contributed by atoms with E-state index in [1.54, 1.807) is 20.8 Å². The van der Waals surface area contributed by atoms with E-state index in [9.17, 15) is 15.0 Å². The molecule has 0 aromatic heterocycles. The van der Waals surface area contributed by atoms with Crippen molar-refractivity contribution in [1.29, 1.82) is 0 Å². The van der Waals surface area contributed by atoms with E-state index in [1.807, 2.05) is 0 Å². The molecule has 4 unspecified atom stereocenters.